The summed E-state index contributed by atoms with van der Waals surface area (Å²) in [4.78, 5) is 0. The molecule has 2 fully saturated rings. The van der Waals surface area contributed by atoms with E-state index in [0.29, 0.717) is 6.61 Å². The Morgan fingerprint density at radius 2 is 2.21 bits per heavy atom. The fraction of sp³-hybridized carbons (Fsp3) is 1.00. The van der Waals surface area contributed by atoms with Gasteiger partial charge in [0.2, 0.25) is 0 Å². The van der Waals surface area contributed by atoms with Crippen LogP contribution in [0.25, 0.3) is 0 Å². The predicted molar refractivity (Wildman–Crippen MR) is 54.3 cm³/mol. The van der Waals surface area contributed by atoms with Crippen LogP contribution in [0.5, 0.6) is 0 Å². The van der Waals surface area contributed by atoms with E-state index in [4.69, 9.17) is 15.4 Å². The summed E-state index contributed by atoms with van der Waals surface area (Å²) >= 11 is 1.37. The lowest BCUT2D eigenvalue weighted by Gasteiger charge is -2.19. The average molecular weight is 219 g/mol. The predicted octanol–water partition coefficient (Wildman–Crippen LogP) is 1.60. The van der Waals surface area contributed by atoms with Crippen LogP contribution in [0, 0.1) is 0 Å². The molecule has 2 N–H and O–H groups in total. The lowest BCUT2D eigenvalue weighted by molar-refractivity contribution is -0.139. The quantitative estimate of drug-likeness (QED) is 0.575. The van der Waals surface area contributed by atoms with Gasteiger partial charge in [-0.05, 0) is 33.1 Å². The fourth-order valence-electron chi connectivity index (χ4n) is 1.84. The van der Waals surface area contributed by atoms with Gasteiger partial charge in [0.05, 0.1) is 12.7 Å². The first kappa shape index (κ1) is 10.7. The summed E-state index contributed by atoms with van der Waals surface area (Å²) in [5.41, 5.74) is 0. The summed E-state index contributed by atoms with van der Waals surface area (Å²) < 4.78 is 16.1. The van der Waals surface area contributed by atoms with Crippen LogP contribution >= 0.6 is 12.0 Å². The molecule has 14 heavy (non-hydrogen) atoms. The third-order valence-electron chi connectivity index (χ3n) is 2.70. The Labute approximate surface area is 88.6 Å². The van der Waals surface area contributed by atoms with Crippen molar-refractivity contribution in [3.63, 3.8) is 0 Å². The first-order valence-electron chi connectivity index (χ1n) is 4.92. The Balaban J connectivity index is 1.82. The van der Waals surface area contributed by atoms with Crippen LogP contribution in [0.3, 0.4) is 0 Å². The lowest BCUT2D eigenvalue weighted by atomic mass is 10.2. The molecule has 1 aliphatic heterocycles. The van der Waals surface area contributed by atoms with Gasteiger partial charge in [-0.3, -0.25) is 0 Å². The highest BCUT2D eigenvalue weighted by atomic mass is 32.2. The van der Waals surface area contributed by atoms with Gasteiger partial charge in [0.25, 0.3) is 0 Å². The van der Waals surface area contributed by atoms with E-state index in [-0.39, 0.29) is 10.9 Å². The van der Waals surface area contributed by atoms with Crippen LogP contribution < -0.4 is 5.90 Å². The molecule has 0 aromatic rings. The molecule has 1 atom stereocenters. The van der Waals surface area contributed by atoms with Gasteiger partial charge in [0, 0.05) is 16.8 Å². The normalized spacial score (nSPS) is 33.2. The number of rotatable bonds is 4. The first-order chi connectivity index (χ1) is 6.55. The van der Waals surface area contributed by atoms with E-state index in [1.165, 1.54) is 12.0 Å². The second-order valence-corrected chi connectivity index (χ2v) is 5.74. The largest absolute Gasteiger partial charge is 0.348 e. The van der Waals surface area contributed by atoms with Crippen LogP contribution in [-0.4, -0.2) is 23.2 Å². The van der Waals surface area contributed by atoms with Gasteiger partial charge in [-0.15, -0.1) is 0 Å². The summed E-state index contributed by atoms with van der Waals surface area (Å²) in [5.74, 6) is 4.65. The van der Waals surface area contributed by atoms with E-state index < -0.39 is 5.79 Å². The van der Waals surface area contributed by atoms with Crippen molar-refractivity contribution >= 4 is 12.0 Å². The molecule has 82 valence electrons. The van der Waals surface area contributed by atoms with Crippen LogP contribution in [0.1, 0.15) is 33.1 Å². The van der Waals surface area contributed by atoms with Gasteiger partial charge in [-0.25, -0.2) is 10.2 Å². The first-order valence-corrected chi connectivity index (χ1v) is 5.66. The maximum Gasteiger partial charge on any atom is 0.163 e. The van der Waals surface area contributed by atoms with E-state index >= 15 is 0 Å². The van der Waals surface area contributed by atoms with Crippen LogP contribution in [0.2, 0.25) is 0 Å². The smallest absolute Gasteiger partial charge is 0.163 e. The van der Waals surface area contributed by atoms with Crippen molar-refractivity contribution < 1.29 is 13.8 Å². The van der Waals surface area contributed by atoms with Crippen LogP contribution in [0.4, 0.5) is 0 Å². The van der Waals surface area contributed by atoms with Gasteiger partial charge < -0.3 is 9.47 Å². The third-order valence-corrected chi connectivity index (χ3v) is 3.72. The van der Waals surface area contributed by atoms with Gasteiger partial charge in [-0.1, -0.05) is 0 Å². The van der Waals surface area contributed by atoms with Gasteiger partial charge in [0.1, 0.15) is 0 Å². The zero-order chi connectivity index (χ0) is 10.2. The molecule has 0 aromatic heterocycles. The van der Waals surface area contributed by atoms with Crippen molar-refractivity contribution in [1.82, 2.24) is 0 Å². The van der Waals surface area contributed by atoms with Crippen molar-refractivity contribution in [2.24, 2.45) is 5.90 Å². The minimum atomic E-state index is -0.422. The maximum absolute atomic E-state index is 5.74. The van der Waals surface area contributed by atoms with Crippen molar-refractivity contribution in [2.45, 2.75) is 49.7 Å². The number of ether oxygens (including phenoxy) is 2. The third kappa shape index (κ3) is 2.41. The van der Waals surface area contributed by atoms with Gasteiger partial charge >= 0.3 is 0 Å². The Bertz CT molecular complexity index is 218. The Morgan fingerprint density at radius 3 is 2.64 bits per heavy atom. The molecule has 1 saturated carbocycles. The second-order valence-electron chi connectivity index (χ2n) is 4.52. The van der Waals surface area contributed by atoms with Crippen LogP contribution in [-0.2, 0) is 13.8 Å². The summed E-state index contributed by atoms with van der Waals surface area (Å²) in [6.07, 6.45) is 3.48. The van der Waals surface area contributed by atoms with Crippen molar-refractivity contribution in [3.05, 3.63) is 0 Å². The van der Waals surface area contributed by atoms with Crippen LogP contribution in [0.15, 0.2) is 0 Å². The minimum Gasteiger partial charge on any atom is -0.348 e. The molecule has 0 aromatic carbocycles. The second kappa shape index (κ2) is 3.64. The molecule has 1 aliphatic carbocycles. The van der Waals surface area contributed by atoms with E-state index in [1.807, 2.05) is 13.8 Å². The average Bonchev–Trinajstić information content (AvgIpc) is 2.73. The SMILES string of the molecule is CC1(C)OCC(CC2(SON)CC2)O1. The molecule has 4 nitrogen and oxygen atoms in total. The molecule has 1 heterocycles. The number of hydrogen-bond donors (Lipinski definition) is 1. The number of nitrogens with two attached hydrogens (primary N) is 1. The molecule has 0 spiro atoms. The van der Waals surface area contributed by atoms with Gasteiger partial charge in [-0.2, -0.15) is 0 Å². The molecular weight excluding hydrogens is 202 g/mol. The summed E-state index contributed by atoms with van der Waals surface area (Å²) in [7, 11) is 0. The van der Waals surface area contributed by atoms with Crippen molar-refractivity contribution in [2.75, 3.05) is 6.61 Å². The Morgan fingerprint density at radius 1 is 1.50 bits per heavy atom. The zero-order valence-electron chi connectivity index (χ0n) is 8.62. The summed E-state index contributed by atoms with van der Waals surface area (Å²) in [6.45, 7) is 4.57. The molecule has 1 saturated heterocycles. The maximum atomic E-state index is 5.74. The molecule has 5 heteroatoms. The summed E-state index contributed by atoms with van der Waals surface area (Å²) in [6, 6.07) is 0. The molecule has 0 bridgehead atoms. The Kier molecular flexibility index (Phi) is 2.79. The molecule has 2 rings (SSSR count). The molecule has 0 amide bonds. The monoisotopic (exact) mass is 219 g/mol. The molecule has 2 aliphatic rings. The molecular formula is C9H17NO3S. The zero-order valence-corrected chi connectivity index (χ0v) is 9.43. The van der Waals surface area contributed by atoms with E-state index in [2.05, 4.69) is 4.28 Å². The molecule has 1 unspecified atom stereocenters. The summed E-state index contributed by atoms with van der Waals surface area (Å²) in [5, 5.41) is 0. The highest BCUT2D eigenvalue weighted by Crippen LogP contribution is 2.52. The lowest BCUT2D eigenvalue weighted by Crippen LogP contribution is -2.24. The van der Waals surface area contributed by atoms with Crippen molar-refractivity contribution in [3.8, 4) is 0 Å². The number of hydrogen-bond acceptors (Lipinski definition) is 5. The van der Waals surface area contributed by atoms with Crippen molar-refractivity contribution in [1.29, 1.82) is 0 Å². The van der Waals surface area contributed by atoms with E-state index in [1.54, 1.807) is 0 Å². The highest BCUT2D eigenvalue weighted by molar-refractivity contribution is 7.96. The topological polar surface area (TPSA) is 53.7 Å². The van der Waals surface area contributed by atoms with E-state index in [9.17, 15) is 0 Å². The molecule has 0 radical (unpaired) electrons. The van der Waals surface area contributed by atoms with E-state index in [0.717, 1.165) is 19.3 Å². The standard InChI is InChI=1S/C9H17NO3S/c1-8(2)11-6-7(12-8)5-9(3-4-9)14-13-10/h7H,3-6,10H2,1-2H3. The van der Waals surface area contributed by atoms with Gasteiger partial charge in [0.15, 0.2) is 5.79 Å². The highest BCUT2D eigenvalue weighted by Gasteiger charge is 2.48. The Hall–Kier alpha value is 0.190. The minimum absolute atomic E-state index is 0.190. The fourth-order valence-corrected chi connectivity index (χ4v) is 2.57.